The molecule has 0 radical (unpaired) electrons. The van der Waals surface area contributed by atoms with Crippen molar-refractivity contribution in [3.05, 3.63) is 41.5 Å². The van der Waals surface area contributed by atoms with Gasteiger partial charge in [0, 0.05) is 18.9 Å². The van der Waals surface area contributed by atoms with Crippen molar-refractivity contribution in [3.63, 3.8) is 0 Å². The van der Waals surface area contributed by atoms with Gasteiger partial charge in [-0.1, -0.05) is 6.58 Å². The number of benzene rings is 1. The minimum Gasteiger partial charge on any atom is -0.508 e. The average molecular weight is 278 g/mol. The zero-order valence-corrected chi connectivity index (χ0v) is 11.5. The van der Waals surface area contributed by atoms with Gasteiger partial charge in [-0.3, -0.25) is 9.59 Å². The van der Waals surface area contributed by atoms with Gasteiger partial charge < -0.3 is 14.9 Å². The molecule has 1 aromatic rings. The van der Waals surface area contributed by atoms with E-state index in [4.69, 9.17) is 4.74 Å². The molecule has 20 heavy (non-hydrogen) atoms. The first-order chi connectivity index (χ1) is 9.31. The Bertz CT molecular complexity index is 533. The summed E-state index contributed by atoms with van der Waals surface area (Å²) in [5, 5.41) is 19.7. The molecular formula is C15H18O5. The van der Waals surface area contributed by atoms with Crippen molar-refractivity contribution in [1.29, 1.82) is 0 Å². The van der Waals surface area contributed by atoms with Gasteiger partial charge in [0.1, 0.15) is 12.4 Å². The largest absolute Gasteiger partial charge is 0.508 e. The van der Waals surface area contributed by atoms with E-state index >= 15 is 0 Å². The van der Waals surface area contributed by atoms with Crippen LogP contribution in [0.4, 0.5) is 0 Å². The van der Waals surface area contributed by atoms with Crippen LogP contribution in [0.15, 0.2) is 30.4 Å². The summed E-state index contributed by atoms with van der Waals surface area (Å²) in [6.07, 6.45) is -0.880. The molecule has 5 heteroatoms. The van der Waals surface area contributed by atoms with Crippen molar-refractivity contribution in [2.45, 2.75) is 26.4 Å². The number of carbonyl (C=O) groups excluding carboxylic acids is 2. The van der Waals surface area contributed by atoms with Gasteiger partial charge in [-0.05, 0) is 36.3 Å². The number of rotatable bonds is 6. The molecule has 1 unspecified atom stereocenters. The maximum atomic E-state index is 11.3. The van der Waals surface area contributed by atoms with Crippen LogP contribution in [-0.2, 0) is 16.0 Å². The fourth-order valence-electron chi connectivity index (χ4n) is 1.61. The minimum atomic E-state index is -0.970. The van der Waals surface area contributed by atoms with Gasteiger partial charge >= 0.3 is 5.97 Å². The number of Topliss-reactive ketones (excluding diaryl/α,β-unsaturated/α-hetero) is 1. The second-order valence-electron chi connectivity index (χ2n) is 4.56. The minimum absolute atomic E-state index is 0.00524. The highest BCUT2D eigenvalue weighted by Crippen LogP contribution is 2.22. The smallest absolute Gasteiger partial charge is 0.302 e. The zero-order valence-electron chi connectivity index (χ0n) is 11.5. The fraction of sp³-hybridized carbons (Fsp3) is 0.333. The number of phenols is 1. The summed E-state index contributed by atoms with van der Waals surface area (Å²) in [7, 11) is 0. The summed E-state index contributed by atoms with van der Waals surface area (Å²) < 4.78 is 4.74. The van der Waals surface area contributed by atoms with Crippen LogP contribution in [0.3, 0.4) is 0 Å². The summed E-state index contributed by atoms with van der Waals surface area (Å²) in [6.45, 7) is 6.24. The molecule has 0 amide bonds. The van der Waals surface area contributed by atoms with E-state index < -0.39 is 12.1 Å². The van der Waals surface area contributed by atoms with Gasteiger partial charge in [-0.15, -0.1) is 0 Å². The summed E-state index contributed by atoms with van der Waals surface area (Å²) in [5.41, 5.74) is 1.22. The van der Waals surface area contributed by atoms with Crippen LogP contribution in [0, 0.1) is 0 Å². The molecule has 108 valence electrons. The Morgan fingerprint density at radius 2 is 2.00 bits per heavy atom. The van der Waals surface area contributed by atoms with Crippen LogP contribution in [-0.4, -0.2) is 34.7 Å². The Morgan fingerprint density at radius 3 is 2.55 bits per heavy atom. The number of ether oxygens (including phenoxy) is 1. The highest BCUT2D eigenvalue weighted by molar-refractivity contribution is 5.94. The van der Waals surface area contributed by atoms with Gasteiger partial charge in [-0.2, -0.15) is 0 Å². The second kappa shape index (κ2) is 6.86. The summed E-state index contributed by atoms with van der Waals surface area (Å²) in [6, 6.07) is 4.45. The van der Waals surface area contributed by atoms with E-state index in [0.717, 1.165) is 0 Å². The number of ketones is 1. The van der Waals surface area contributed by atoms with Gasteiger partial charge in [-0.25, -0.2) is 0 Å². The van der Waals surface area contributed by atoms with Crippen LogP contribution >= 0.6 is 0 Å². The van der Waals surface area contributed by atoms with Gasteiger partial charge in [0.2, 0.25) is 0 Å². The van der Waals surface area contributed by atoms with Crippen molar-refractivity contribution in [3.8, 4) is 5.75 Å². The number of aliphatic hydroxyl groups excluding tert-OH is 1. The maximum absolute atomic E-state index is 11.3. The number of phenolic OH excluding ortho intramolecular Hbond substituents is 1. The van der Waals surface area contributed by atoms with Gasteiger partial charge in [0.25, 0.3) is 0 Å². The Balaban J connectivity index is 2.76. The van der Waals surface area contributed by atoms with Crippen LogP contribution in [0.1, 0.15) is 29.8 Å². The number of aliphatic hydroxyl groups is 1. The third-order valence-corrected chi connectivity index (χ3v) is 2.83. The first-order valence-corrected chi connectivity index (χ1v) is 6.13. The van der Waals surface area contributed by atoms with E-state index in [1.54, 1.807) is 0 Å². The topological polar surface area (TPSA) is 83.8 Å². The van der Waals surface area contributed by atoms with Crippen molar-refractivity contribution in [1.82, 2.24) is 0 Å². The number of hydrogen-bond acceptors (Lipinski definition) is 5. The quantitative estimate of drug-likeness (QED) is 0.469. The maximum Gasteiger partial charge on any atom is 0.302 e. The molecule has 0 saturated heterocycles. The van der Waals surface area contributed by atoms with Crippen LogP contribution in [0.2, 0.25) is 0 Å². The third kappa shape index (κ3) is 4.51. The van der Waals surface area contributed by atoms with E-state index in [0.29, 0.717) is 16.7 Å². The molecule has 0 heterocycles. The second-order valence-corrected chi connectivity index (χ2v) is 4.56. The number of aromatic hydroxyl groups is 1. The Morgan fingerprint density at radius 1 is 1.35 bits per heavy atom. The summed E-state index contributed by atoms with van der Waals surface area (Å²) in [4.78, 5) is 22.0. The molecule has 0 aromatic heterocycles. The molecule has 1 aromatic carbocycles. The molecule has 1 atom stereocenters. The van der Waals surface area contributed by atoms with E-state index in [1.165, 1.54) is 32.0 Å². The monoisotopic (exact) mass is 278 g/mol. The molecule has 0 aliphatic heterocycles. The molecule has 2 N–H and O–H groups in total. The van der Waals surface area contributed by atoms with E-state index in [9.17, 15) is 19.8 Å². The highest BCUT2D eigenvalue weighted by Gasteiger charge is 2.14. The SMILES string of the molecule is C=C(COC(C)=O)C(O)Cc1cc(C(C)=O)ccc1O. The normalized spacial score (nSPS) is 11.8. The number of carbonyl (C=O) groups is 2. The summed E-state index contributed by atoms with van der Waals surface area (Å²) >= 11 is 0. The summed E-state index contributed by atoms with van der Waals surface area (Å²) in [5.74, 6) is -0.589. The lowest BCUT2D eigenvalue weighted by Crippen LogP contribution is -2.18. The lowest BCUT2D eigenvalue weighted by atomic mass is 9.99. The van der Waals surface area contributed by atoms with Gasteiger partial charge in [0.15, 0.2) is 5.78 Å². The molecular weight excluding hydrogens is 260 g/mol. The molecule has 0 spiro atoms. The fourth-order valence-corrected chi connectivity index (χ4v) is 1.61. The Hall–Kier alpha value is -2.14. The Labute approximate surface area is 117 Å². The third-order valence-electron chi connectivity index (χ3n) is 2.83. The molecule has 1 rings (SSSR count). The van der Waals surface area contributed by atoms with Crippen molar-refractivity contribution in [2.75, 3.05) is 6.61 Å². The first-order valence-electron chi connectivity index (χ1n) is 6.13. The van der Waals surface area contributed by atoms with E-state index in [2.05, 4.69) is 6.58 Å². The lowest BCUT2D eigenvalue weighted by molar-refractivity contribution is -0.140. The molecule has 0 fully saturated rings. The predicted molar refractivity (Wildman–Crippen MR) is 73.6 cm³/mol. The molecule has 5 nitrogen and oxygen atoms in total. The van der Waals surface area contributed by atoms with E-state index in [-0.39, 0.29) is 24.6 Å². The lowest BCUT2D eigenvalue weighted by Gasteiger charge is -2.15. The van der Waals surface area contributed by atoms with Crippen molar-refractivity contribution < 1.29 is 24.5 Å². The number of esters is 1. The standard InChI is InChI=1S/C15H18O5/c1-9(8-20-11(3)17)15(19)7-13-6-12(10(2)16)4-5-14(13)18/h4-6,15,18-19H,1,7-8H2,2-3H3. The molecule has 0 aliphatic carbocycles. The molecule has 0 bridgehead atoms. The van der Waals surface area contributed by atoms with Gasteiger partial charge in [0.05, 0.1) is 6.10 Å². The zero-order chi connectivity index (χ0) is 15.3. The average Bonchev–Trinajstić information content (AvgIpc) is 2.37. The van der Waals surface area contributed by atoms with E-state index in [1.807, 2.05) is 0 Å². The number of hydrogen-bond donors (Lipinski definition) is 2. The van der Waals surface area contributed by atoms with Crippen molar-refractivity contribution in [2.24, 2.45) is 0 Å². The van der Waals surface area contributed by atoms with Crippen LogP contribution in [0.5, 0.6) is 5.75 Å². The van der Waals surface area contributed by atoms with Crippen molar-refractivity contribution >= 4 is 11.8 Å². The Kier molecular flexibility index (Phi) is 5.46. The van der Waals surface area contributed by atoms with Crippen LogP contribution < -0.4 is 0 Å². The molecule has 0 aliphatic rings. The highest BCUT2D eigenvalue weighted by atomic mass is 16.5. The first kappa shape index (κ1) is 15.9. The predicted octanol–water partition coefficient (Wildman–Crippen LogP) is 1.62. The van der Waals surface area contributed by atoms with Crippen LogP contribution in [0.25, 0.3) is 0 Å². The molecule has 0 saturated carbocycles.